The zero-order valence-corrected chi connectivity index (χ0v) is 11.6. The van der Waals surface area contributed by atoms with Gasteiger partial charge in [0, 0.05) is 16.7 Å². The topological polar surface area (TPSA) is 59.4 Å². The summed E-state index contributed by atoms with van der Waals surface area (Å²) in [6.45, 7) is 3.96. The molecule has 0 aliphatic heterocycles. The molecule has 0 atom stereocenters. The number of carbonyl (C=O) groups is 1. The molecule has 0 amide bonds. The Balaban J connectivity index is 2.22. The second-order valence-electron chi connectivity index (χ2n) is 4.48. The number of aryl methyl sites for hydroxylation is 1. The molecule has 1 N–H and O–H groups in total. The number of hydrogen-bond acceptors (Lipinski definition) is 3. The number of nitrogens with zero attached hydrogens (tertiary/aromatic N) is 1. The first-order chi connectivity index (χ1) is 9.61. The van der Waals surface area contributed by atoms with Crippen LogP contribution in [0.1, 0.15) is 19.0 Å². The molecule has 4 nitrogen and oxygen atoms in total. The van der Waals surface area contributed by atoms with Crippen molar-refractivity contribution in [2.24, 2.45) is 0 Å². The fourth-order valence-electron chi connectivity index (χ4n) is 1.95. The predicted octanol–water partition coefficient (Wildman–Crippen LogP) is 3.34. The van der Waals surface area contributed by atoms with E-state index in [9.17, 15) is 4.79 Å². The number of aromatic nitrogens is 1. The third-order valence-electron chi connectivity index (χ3n) is 3.05. The van der Waals surface area contributed by atoms with Gasteiger partial charge in [-0.3, -0.25) is 0 Å². The van der Waals surface area contributed by atoms with Gasteiger partial charge >= 0.3 is 5.97 Å². The van der Waals surface area contributed by atoms with Crippen LogP contribution < -0.4 is 4.74 Å². The van der Waals surface area contributed by atoms with E-state index in [1.807, 2.05) is 44.2 Å². The van der Waals surface area contributed by atoms with Crippen LogP contribution in [0, 0.1) is 6.92 Å². The van der Waals surface area contributed by atoms with Gasteiger partial charge in [0.15, 0.2) is 0 Å². The Labute approximate surface area is 117 Å². The first-order valence-corrected chi connectivity index (χ1v) is 6.53. The lowest BCUT2D eigenvalue weighted by atomic mass is 10.2. The Morgan fingerprint density at radius 3 is 2.85 bits per heavy atom. The van der Waals surface area contributed by atoms with Gasteiger partial charge < -0.3 is 9.84 Å². The number of para-hydroxylation sites is 1. The first kappa shape index (κ1) is 14.1. The van der Waals surface area contributed by atoms with Gasteiger partial charge in [0.1, 0.15) is 17.9 Å². The van der Waals surface area contributed by atoms with E-state index in [0.717, 1.165) is 16.6 Å². The molecular formula is C16H17NO3. The summed E-state index contributed by atoms with van der Waals surface area (Å²) in [6.07, 6.45) is 2.07. The van der Waals surface area contributed by atoms with Crippen molar-refractivity contribution >= 4 is 16.9 Å². The summed E-state index contributed by atoms with van der Waals surface area (Å²) >= 11 is 0. The minimum Gasteiger partial charge on any atom is -0.487 e. The number of hydrogen-bond donors (Lipinski definition) is 1. The number of fused-ring (bicyclic) bond motifs is 1. The molecule has 20 heavy (non-hydrogen) atoms. The van der Waals surface area contributed by atoms with E-state index in [-0.39, 0.29) is 6.61 Å². The zero-order valence-electron chi connectivity index (χ0n) is 11.6. The minimum atomic E-state index is -0.900. The normalized spacial score (nSPS) is 11.6. The van der Waals surface area contributed by atoms with E-state index in [2.05, 4.69) is 4.98 Å². The smallest absolute Gasteiger partial charge is 0.331 e. The van der Waals surface area contributed by atoms with Crippen molar-refractivity contribution in [3.63, 3.8) is 0 Å². The van der Waals surface area contributed by atoms with Crippen molar-refractivity contribution in [1.29, 1.82) is 0 Å². The zero-order chi connectivity index (χ0) is 14.5. The van der Waals surface area contributed by atoms with Crippen molar-refractivity contribution in [2.45, 2.75) is 20.3 Å². The highest BCUT2D eigenvalue weighted by atomic mass is 16.5. The number of carboxylic acid groups (broad SMARTS) is 1. The van der Waals surface area contributed by atoms with E-state index in [1.54, 1.807) is 6.08 Å². The van der Waals surface area contributed by atoms with Crippen molar-refractivity contribution in [2.75, 3.05) is 6.61 Å². The quantitative estimate of drug-likeness (QED) is 0.847. The molecule has 2 rings (SSSR count). The highest BCUT2D eigenvalue weighted by Crippen LogP contribution is 2.23. The molecule has 0 aliphatic carbocycles. The Bertz CT molecular complexity index is 662. The molecule has 104 valence electrons. The van der Waals surface area contributed by atoms with Crippen LogP contribution in [0.3, 0.4) is 0 Å². The molecule has 1 heterocycles. The van der Waals surface area contributed by atoms with Crippen molar-refractivity contribution < 1.29 is 14.6 Å². The largest absolute Gasteiger partial charge is 0.487 e. The van der Waals surface area contributed by atoms with E-state index >= 15 is 0 Å². The monoisotopic (exact) mass is 271 g/mol. The number of aliphatic carboxylic acids is 1. The molecule has 0 saturated heterocycles. The summed E-state index contributed by atoms with van der Waals surface area (Å²) < 4.78 is 5.65. The Morgan fingerprint density at radius 2 is 2.15 bits per heavy atom. The molecule has 0 fully saturated rings. The van der Waals surface area contributed by atoms with Gasteiger partial charge in [-0.25, -0.2) is 9.78 Å². The first-order valence-electron chi connectivity index (χ1n) is 6.53. The maximum absolute atomic E-state index is 10.9. The lowest BCUT2D eigenvalue weighted by molar-refractivity contribution is -0.132. The Hall–Kier alpha value is -2.36. The van der Waals surface area contributed by atoms with Crippen LogP contribution in [-0.2, 0) is 4.79 Å². The van der Waals surface area contributed by atoms with E-state index in [1.165, 1.54) is 0 Å². The van der Waals surface area contributed by atoms with E-state index < -0.39 is 5.97 Å². The van der Waals surface area contributed by atoms with Crippen molar-refractivity contribution in [1.82, 2.24) is 4.98 Å². The van der Waals surface area contributed by atoms with Crippen molar-refractivity contribution in [3.05, 3.63) is 47.7 Å². The molecule has 4 heteroatoms. The highest BCUT2D eigenvalue weighted by molar-refractivity contribution is 5.86. The predicted molar refractivity (Wildman–Crippen MR) is 78.0 cm³/mol. The molecule has 0 saturated carbocycles. The fourth-order valence-corrected chi connectivity index (χ4v) is 1.95. The number of ether oxygens (including phenoxy) is 1. The second kappa shape index (κ2) is 6.19. The molecule has 1 aromatic carbocycles. The number of carboxylic acids is 1. The average Bonchev–Trinajstić information content (AvgIpc) is 2.43. The summed E-state index contributed by atoms with van der Waals surface area (Å²) in [6, 6.07) is 9.66. The molecule has 0 spiro atoms. The van der Waals surface area contributed by atoms with Crippen LogP contribution in [0.2, 0.25) is 0 Å². The van der Waals surface area contributed by atoms with Crippen LogP contribution in [0.4, 0.5) is 0 Å². The van der Waals surface area contributed by atoms with Crippen molar-refractivity contribution in [3.8, 4) is 5.75 Å². The lowest BCUT2D eigenvalue weighted by Gasteiger charge is -2.08. The molecule has 1 aromatic heterocycles. The van der Waals surface area contributed by atoms with Gasteiger partial charge in [-0.2, -0.15) is 0 Å². The summed E-state index contributed by atoms with van der Waals surface area (Å²) in [5.74, 6) is -0.230. The second-order valence-corrected chi connectivity index (χ2v) is 4.48. The molecule has 0 unspecified atom stereocenters. The molecule has 0 aliphatic rings. The molecule has 2 aromatic rings. The number of pyridine rings is 1. The molecular weight excluding hydrogens is 254 g/mol. The Morgan fingerprint density at radius 1 is 1.35 bits per heavy atom. The standard InChI is InChI=1S/C16H17NO3/c1-3-12(16(18)19)9-10-20-14-6-4-5-13-8-7-11(2)17-15(13)14/h4-9H,3,10H2,1-2H3,(H,18,19). The van der Waals surface area contributed by atoms with Crippen LogP contribution in [-0.4, -0.2) is 22.7 Å². The van der Waals surface area contributed by atoms with Gasteiger partial charge in [-0.1, -0.05) is 25.1 Å². The number of benzene rings is 1. The fraction of sp³-hybridized carbons (Fsp3) is 0.250. The van der Waals surface area contributed by atoms with Gasteiger partial charge in [-0.15, -0.1) is 0 Å². The Kier molecular flexibility index (Phi) is 4.35. The summed E-state index contributed by atoms with van der Waals surface area (Å²) in [7, 11) is 0. The summed E-state index contributed by atoms with van der Waals surface area (Å²) in [5, 5.41) is 9.95. The highest BCUT2D eigenvalue weighted by Gasteiger charge is 2.05. The van der Waals surface area contributed by atoms with Gasteiger partial charge in [-0.05, 0) is 31.6 Å². The third-order valence-corrected chi connectivity index (χ3v) is 3.05. The minimum absolute atomic E-state index is 0.226. The third kappa shape index (κ3) is 3.15. The van der Waals surface area contributed by atoms with Gasteiger partial charge in [0.25, 0.3) is 0 Å². The van der Waals surface area contributed by atoms with Crippen LogP contribution >= 0.6 is 0 Å². The maximum Gasteiger partial charge on any atom is 0.331 e. The van der Waals surface area contributed by atoms with Gasteiger partial charge in [0.2, 0.25) is 0 Å². The van der Waals surface area contributed by atoms with Gasteiger partial charge in [0.05, 0.1) is 0 Å². The van der Waals surface area contributed by atoms with Crippen LogP contribution in [0.5, 0.6) is 5.75 Å². The van der Waals surface area contributed by atoms with Crippen LogP contribution in [0.15, 0.2) is 42.0 Å². The summed E-state index contributed by atoms with van der Waals surface area (Å²) in [4.78, 5) is 15.4. The maximum atomic E-state index is 10.9. The van der Waals surface area contributed by atoms with E-state index in [4.69, 9.17) is 9.84 Å². The summed E-state index contributed by atoms with van der Waals surface area (Å²) in [5.41, 5.74) is 2.08. The number of rotatable bonds is 5. The lowest BCUT2D eigenvalue weighted by Crippen LogP contribution is -2.03. The average molecular weight is 271 g/mol. The van der Waals surface area contributed by atoms with E-state index in [0.29, 0.717) is 17.7 Å². The van der Waals surface area contributed by atoms with Crippen LogP contribution in [0.25, 0.3) is 10.9 Å². The molecule has 0 bridgehead atoms. The SMILES string of the molecule is CCC(=CCOc1cccc2ccc(C)nc12)C(=O)O. The molecule has 0 radical (unpaired) electrons.